The SMILES string of the molecule is COC(=O)Cc1cncc(N)c1C(F)F. The maximum atomic E-state index is 12.6. The highest BCUT2D eigenvalue weighted by molar-refractivity contribution is 5.73. The molecule has 1 aromatic rings. The maximum absolute atomic E-state index is 12.6. The van der Waals surface area contributed by atoms with E-state index in [2.05, 4.69) is 9.72 Å². The van der Waals surface area contributed by atoms with E-state index in [0.29, 0.717) is 0 Å². The largest absolute Gasteiger partial charge is 0.469 e. The van der Waals surface area contributed by atoms with Gasteiger partial charge < -0.3 is 10.5 Å². The Morgan fingerprint density at radius 1 is 1.60 bits per heavy atom. The van der Waals surface area contributed by atoms with Crippen molar-refractivity contribution in [2.24, 2.45) is 0 Å². The highest BCUT2D eigenvalue weighted by Crippen LogP contribution is 2.28. The normalized spacial score (nSPS) is 10.4. The molecule has 2 N–H and O–H groups in total. The van der Waals surface area contributed by atoms with Crippen LogP contribution in [0.25, 0.3) is 0 Å². The third-order valence-corrected chi connectivity index (χ3v) is 1.88. The first-order chi connectivity index (χ1) is 7.06. The Morgan fingerprint density at radius 3 is 2.80 bits per heavy atom. The average molecular weight is 216 g/mol. The zero-order chi connectivity index (χ0) is 11.4. The maximum Gasteiger partial charge on any atom is 0.310 e. The Hall–Kier alpha value is -1.72. The van der Waals surface area contributed by atoms with E-state index >= 15 is 0 Å². The summed E-state index contributed by atoms with van der Waals surface area (Å²) in [5.41, 5.74) is 4.97. The Morgan fingerprint density at radius 2 is 2.27 bits per heavy atom. The van der Waals surface area contributed by atoms with Crippen LogP contribution in [0.3, 0.4) is 0 Å². The zero-order valence-corrected chi connectivity index (χ0v) is 8.04. The summed E-state index contributed by atoms with van der Waals surface area (Å²) in [5.74, 6) is -0.607. The number of alkyl halides is 2. The minimum Gasteiger partial charge on any atom is -0.469 e. The number of nitrogens with two attached hydrogens (primary N) is 1. The number of nitrogens with zero attached hydrogens (tertiary/aromatic N) is 1. The number of rotatable bonds is 3. The number of carbonyl (C=O) groups is 1. The van der Waals surface area contributed by atoms with Crippen LogP contribution < -0.4 is 5.73 Å². The van der Waals surface area contributed by atoms with Crippen molar-refractivity contribution >= 4 is 11.7 Å². The molecule has 0 aliphatic carbocycles. The van der Waals surface area contributed by atoms with Crippen LogP contribution in [0.5, 0.6) is 0 Å². The van der Waals surface area contributed by atoms with E-state index < -0.39 is 12.4 Å². The molecule has 0 aliphatic rings. The number of hydrogen-bond acceptors (Lipinski definition) is 4. The molecule has 4 nitrogen and oxygen atoms in total. The van der Waals surface area contributed by atoms with Gasteiger partial charge >= 0.3 is 5.97 Å². The second-order valence-electron chi connectivity index (χ2n) is 2.86. The van der Waals surface area contributed by atoms with Gasteiger partial charge in [0.25, 0.3) is 6.43 Å². The Balaban J connectivity index is 3.06. The van der Waals surface area contributed by atoms with Gasteiger partial charge in [0.05, 0.1) is 25.4 Å². The third-order valence-electron chi connectivity index (χ3n) is 1.88. The molecular weight excluding hydrogens is 206 g/mol. The molecule has 0 aliphatic heterocycles. The van der Waals surface area contributed by atoms with Crippen molar-refractivity contribution in [1.82, 2.24) is 4.98 Å². The summed E-state index contributed by atoms with van der Waals surface area (Å²) >= 11 is 0. The Bertz CT molecular complexity index is 369. The molecule has 0 saturated carbocycles. The van der Waals surface area contributed by atoms with Gasteiger partial charge in [0, 0.05) is 11.8 Å². The van der Waals surface area contributed by atoms with Gasteiger partial charge in [-0.3, -0.25) is 9.78 Å². The number of aromatic nitrogens is 1. The number of anilines is 1. The molecule has 1 aromatic heterocycles. The molecule has 0 aromatic carbocycles. The van der Waals surface area contributed by atoms with Crippen molar-refractivity contribution < 1.29 is 18.3 Å². The summed E-state index contributed by atoms with van der Waals surface area (Å²) in [6.07, 6.45) is -0.668. The molecule has 0 saturated heterocycles. The molecule has 0 bridgehead atoms. The fraction of sp³-hybridized carbons (Fsp3) is 0.333. The summed E-state index contributed by atoms with van der Waals surface area (Å²) in [5, 5.41) is 0. The first kappa shape index (κ1) is 11.4. The summed E-state index contributed by atoms with van der Waals surface area (Å²) in [6.45, 7) is 0. The van der Waals surface area contributed by atoms with Gasteiger partial charge in [-0.2, -0.15) is 0 Å². The standard InChI is InChI=1S/C9H10F2N2O2/c1-15-7(14)2-5-3-13-4-6(12)8(5)9(10)11/h3-4,9H,2,12H2,1H3. The summed E-state index contributed by atoms with van der Waals surface area (Å²) in [4.78, 5) is 14.6. The topological polar surface area (TPSA) is 65.2 Å². The van der Waals surface area contributed by atoms with Crippen LogP contribution in [0.1, 0.15) is 17.6 Å². The van der Waals surface area contributed by atoms with E-state index in [0.717, 1.165) is 6.20 Å². The van der Waals surface area contributed by atoms with Crippen molar-refractivity contribution in [2.45, 2.75) is 12.8 Å². The van der Waals surface area contributed by atoms with Crippen molar-refractivity contribution in [3.05, 3.63) is 23.5 Å². The molecule has 0 atom stereocenters. The summed E-state index contributed by atoms with van der Waals surface area (Å²) in [6, 6.07) is 0. The predicted molar refractivity (Wildman–Crippen MR) is 49.3 cm³/mol. The van der Waals surface area contributed by atoms with Gasteiger partial charge in [-0.25, -0.2) is 8.78 Å². The van der Waals surface area contributed by atoms with Crippen LogP contribution in [0.2, 0.25) is 0 Å². The predicted octanol–water partition coefficient (Wildman–Crippen LogP) is 1.32. The van der Waals surface area contributed by atoms with E-state index in [1.165, 1.54) is 13.3 Å². The molecule has 15 heavy (non-hydrogen) atoms. The monoisotopic (exact) mass is 216 g/mol. The lowest BCUT2D eigenvalue weighted by Crippen LogP contribution is -2.09. The van der Waals surface area contributed by atoms with Crippen LogP contribution in [0.4, 0.5) is 14.5 Å². The highest BCUT2D eigenvalue weighted by Gasteiger charge is 2.18. The molecule has 6 heteroatoms. The number of halogens is 2. The number of carbonyl (C=O) groups excluding carboxylic acids is 1. The lowest BCUT2D eigenvalue weighted by atomic mass is 10.1. The van der Waals surface area contributed by atoms with Gasteiger partial charge in [0.1, 0.15) is 0 Å². The number of hydrogen-bond donors (Lipinski definition) is 1. The molecule has 82 valence electrons. The quantitative estimate of drug-likeness (QED) is 0.774. The van der Waals surface area contributed by atoms with Crippen molar-refractivity contribution in [3.63, 3.8) is 0 Å². The average Bonchev–Trinajstić information content (AvgIpc) is 2.17. The number of esters is 1. The van der Waals surface area contributed by atoms with E-state index in [9.17, 15) is 13.6 Å². The summed E-state index contributed by atoms with van der Waals surface area (Å²) < 4.78 is 29.5. The molecular formula is C9H10F2N2O2. The van der Waals surface area contributed by atoms with Crippen molar-refractivity contribution in [3.8, 4) is 0 Å². The number of methoxy groups -OCH3 is 1. The van der Waals surface area contributed by atoms with Crippen LogP contribution in [0.15, 0.2) is 12.4 Å². The number of ether oxygens (including phenoxy) is 1. The lowest BCUT2D eigenvalue weighted by Gasteiger charge is -2.09. The van der Waals surface area contributed by atoms with Crippen LogP contribution in [-0.4, -0.2) is 18.1 Å². The van der Waals surface area contributed by atoms with Crippen molar-refractivity contribution in [2.75, 3.05) is 12.8 Å². The first-order valence-corrected chi connectivity index (χ1v) is 4.13. The van der Waals surface area contributed by atoms with Gasteiger partial charge in [0.2, 0.25) is 0 Å². The smallest absolute Gasteiger partial charge is 0.310 e. The van der Waals surface area contributed by atoms with Crippen LogP contribution >= 0.6 is 0 Å². The van der Waals surface area contributed by atoms with Crippen LogP contribution in [-0.2, 0) is 16.0 Å². The molecule has 0 radical (unpaired) electrons. The number of pyridine rings is 1. The van der Waals surface area contributed by atoms with E-state index in [1.807, 2.05) is 0 Å². The van der Waals surface area contributed by atoms with E-state index in [-0.39, 0.29) is 23.2 Å². The summed E-state index contributed by atoms with van der Waals surface area (Å²) in [7, 11) is 1.18. The second kappa shape index (κ2) is 4.68. The Kier molecular flexibility index (Phi) is 3.54. The molecule has 0 spiro atoms. The zero-order valence-electron chi connectivity index (χ0n) is 8.04. The molecule has 0 unspecified atom stereocenters. The first-order valence-electron chi connectivity index (χ1n) is 4.13. The van der Waals surface area contributed by atoms with Crippen molar-refractivity contribution in [1.29, 1.82) is 0 Å². The fourth-order valence-electron chi connectivity index (χ4n) is 1.17. The molecule has 1 rings (SSSR count). The molecule has 0 fully saturated rings. The van der Waals surface area contributed by atoms with Gasteiger partial charge in [-0.1, -0.05) is 0 Å². The van der Waals surface area contributed by atoms with Gasteiger partial charge in [0.15, 0.2) is 0 Å². The lowest BCUT2D eigenvalue weighted by molar-refractivity contribution is -0.139. The van der Waals surface area contributed by atoms with Gasteiger partial charge in [-0.05, 0) is 5.56 Å². The van der Waals surface area contributed by atoms with Crippen LogP contribution in [0, 0.1) is 0 Å². The van der Waals surface area contributed by atoms with E-state index in [4.69, 9.17) is 5.73 Å². The third kappa shape index (κ3) is 2.61. The molecule has 0 amide bonds. The fourth-order valence-corrected chi connectivity index (χ4v) is 1.17. The Labute approximate surface area is 85.1 Å². The number of nitrogen functional groups attached to an aromatic ring is 1. The van der Waals surface area contributed by atoms with Gasteiger partial charge in [-0.15, -0.1) is 0 Å². The minimum atomic E-state index is -2.73. The minimum absolute atomic E-state index is 0.0943. The van der Waals surface area contributed by atoms with E-state index in [1.54, 1.807) is 0 Å². The highest BCUT2D eigenvalue weighted by atomic mass is 19.3. The second-order valence-corrected chi connectivity index (χ2v) is 2.86. The molecule has 1 heterocycles.